The maximum atomic E-state index is 10.8. The summed E-state index contributed by atoms with van der Waals surface area (Å²) in [7, 11) is -4.64. The number of rotatable bonds is 4. The lowest BCUT2D eigenvalue weighted by Gasteiger charge is -2.43. The summed E-state index contributed by atoms with van der Waals surface area (Å²) in [5.74, 6) is -4.44. The summed E-state index contributed by atoms with van der Waals surface area (Å²) in [5.41, 5.74) is 5.51. The summed E-state index contributed by atoms with van der Waals surface area (Å²) in [5, 5.41) is 55.5. The van der Waals surface area contributed by atoms with E-state index in [9.17, 15) is 25.2 Å². The van der Waals surface area contributed by atoms with Crippen molar-refractivity contribution in [2.75, 3.05) is 6.61 Å². The molecule has 0 aromatic rings. The SMILES string of the molecule is N[C@H]1[C@H]([C@H](O)[C@H](O)CO)OC(O)(C(=O)O)C[C@@H]1O.O=P(O)(O)O. The molecule has 138 valence electrons. The van der Waals surface area contributed by atoms with Gasteiger partial charge in [-0.3, -0.25) is 0 Å². The Bertz CT molecular complexity index is 434. The first-order valence-corrected chi connectivity index (χ1v) is 7.62. The molecule has 11 N–H and O–H groups in total. The van der Waals surface area contributed by atoms with Crippen LogP contribution in [0.4, 0.5) is 0 Å². The lowest BCUT2D eigenvalue weighted by Crippen LogP contribution is -2.65. The fraction of sp³-hybridized carbons (Fsp3) is 0.889. The van der Waals surface area contributed by atoms with Gasteiger partial charge in [-0.15, -0.1) is 0 Å². The Morgan fingerprint density at radius 2 is 1.78 bits per heavy atom. The minimum atomic E-state index is -4.64. The Morgan fingerprint density at radius 3 is 2.13 bits per heavy atom. The number of ether oxygens (including phenoxy) is 1. The number of carbonyl (C=O) groups is 1. The highest BCUT2D eigenvalue weighted by atomic mass is 31.2. The van der Waals surface area contributed by atoms with Gasteiger partial charge in [-0.1, -0.05) is 0 Å². The lowest BCUT2D eigenvalue weighted by molar-refractivity contribution is -0.292. The number of aliphatic hydroxyl groups is 5. The van der Waals surface area contributed by atoms with E-state index in [-0.39, 0.29) is 0 Å². The molecule has 1 rings (SSSR count). The molecule has 6 atom stereocenters. The third-order valence-corrected chi connectivity index (χ3v) is 2.89. The maximum Gasteiger partial charge on any atom is 0.466 e. The molecule has 1 heterocycles. The maximum absolute atomic E-state index is 10.8. The van der Waals surface area contributed by atoms with Gasteiger partial charge in [0.25, 0.3) is 5.79 Å². The number of carboxylic acids is 1. The second-order valence-corrected chi connectivity index (χ2v) is 5.80. The van der Waals surface area contributed by atoms with Gasteiger partial charge in [0.15, 0.2) is 0 Å². The van der Waals surface area contributed by atoms with Crippen LogP contribution in [-0.4, -0.2) is 94.1 Å². The molecule has 1 unspecified atom stereocenters. The van der Waals surface area contributed by atoms with E-state index in [2.05, 4.69) is 0 Å². The Labute approximate surface area is 129 Å². The molecule has 1 aliphatic rings. The highest BCUT2D eigenvalue weighted by Gasteiger charge is 2.52. The summed E-state index contributed by atoms with van der Waals surface area (Å²) in [6.07, 6.45) is -7.01. The van der Waals surface area contributed by atoms with Crippen LogP contribution in [0.2, 0.25) is 0 Å². The van der Waals surface area contributed by atoms with E-state index >= 15 is 0 Å². The zero-order chi connectivity index (χ0) is 18.6. The molecule has 1 fully saturated rings. The molecule has 0 aliphatic carbocycles. The summed E-state index contributed by atoms with van der Waals surface area (Å²) < 4.78 is 13.6. The summed E-state index contributed by atoms with van der Waals surface area (Å²) >= 11 is 0. The number of phosphoric acid groups is 1. The van der Waals surface area contributed by atoms with Crippen molar-refractivity contribution in [1.82, 2.24) is 0 Å². The van der Waals surface area contributed by atoms with Crippen molar-refractivity contribution in [3.63, 3.8) is 0 Å². The zero-order valence-electron chi connectivity index (χ0n) is 11.6. The second-order valence-electron chi connectivity index (χ2n) is 4.77. The van der Waals surface area contributed by atoms with Gasteiger partial charge in [-0.2, -0.15) is 0 Å². The summed E-state index contributed by atoms with van der Waals surface area (Å²) in [4.78, 5) is 32.4. The molecule has 0 bridgehead atoms. The summed E-state index contributed by atoms with van der Waals surface area (Å²) in [6, 6.07) is -1.21. The van der Waals surface area contributed by atoms with Crippen LogP contribution in [0.15, 0.2) is 0 Å². The van der Waals surface area contributed by atoms with Crippen LogP contribution in [0.1, 0.15) is 6.42 Å². The lowest BCUT2D eigenvalue weighted by atomic mass is 9.89. The number of hydrogen-bond acceptors (Lipinski definition) is 9. The van der Waals surface area contributed by atoms with E-state index in [1.807, 2.05) is 0 Å². The fourth-order valence-corrected chi connectivity index (χ4v) is 1.75. The average Bonchev–Trinajstić information content (AvgIpc) is 2.39. The molecule has 14 heteroatoms. The molecule has 1 saturated heterocycles. The predicted octanol–water partition coefficient (Wildman–Crippen LogP) is -4.98. The van der Waals surface area contributed by atoms with Gasteiger partial charge in [0.1, 0.15) is 18.3 Å². The first-order chi connectivity index (χ1) is 10.2. The third-order valence-electron chi connectivity index (χ3n) is 2.89. The Kier molecular flexibility index (Phi) is 8.16. The van der Waals surface area contributed by atoms with Crippen LogP contribution in [0.25, 0.3) is 0 Å². The Balaban J connectivity index is 0.000000841. The van der Waals surface area contributed by atoms with Crippen molar-refractivity contribution < 1.29 is 59.4 Å². The van der Waals surface area contributed by atoms with Crippen molar-refractivity contribution in [3.8, 4) is 0 Å². The first-order valence-electron chi connectivity index (χ1n) is 6.05. The molecule has 13 nitrogen and oxygen atoms in total. The highest BCUT2D eigenvalue weighted by Crippen LogP contribution is 2.29. The zero-order valence-corrected chi connectivity index (χ0v) is 12.5. The van der Waals surface area contributed by atoms with Crippen molar-refractivity contribution in [2.45, 2.75) is 42.7 Å². The largest absolute Gasteiger partial charge is 0.477 e. The van der Waals surface area contributed by atoms with Gasteiger partial charge in [0.2, 0.25) is 0 Å². The number of hydrogen-bond donors (Lipinski definition) is 10. The van der Waals surface area contributed by atoms with E-state index in [4.69, 9.17) is 39.9 Å². The molecule has 0 aromatic carbocycles. The molecule has 1 aliphatic heterocycles. The van der Waals surface area contributed by atoms with Crippen LogP contribution < -0.4 is 5.73 Å². The minimum Gasteiger partial charge on any atom is -0.477 e. The van der Waals surface area contributed by atoms with Crippen molar-refractivity contribution in [1.29, 1.82) is 0 Å². The van der Waals surface area contributed by atoms with Crippen molar-refractivity contribution in [3.05, 3.63) is 0 Å². The van der Waals surface area contributed by atoms with Gasteiger partial charge in [0.05, 0.1) is 18.8 Å². The van der Waals surface area contributed by atoms with Crippen LogP contribution in [0.3, 0.4) is 0 Å². The number of aliphatic carboxylic acids is 1. The molecular weight excluding hydrogens is 345 g/mol. The van der Waals surface area contributed by atoms with E-state index in [0.29, 0.717) is 0 Å². The molecular formula is C9H20NO12P. The van der Waals surface area contributed by atoms with E-state index in [0.717, 1.165) is 0 Å². The Hall–Kier alpha value is -0.700. The third kappa shape index (κ3) is 7.15. The molecule has 0 saturated carbocycles. The van der Waals surface area contributed by atoms with Crippen LogP contribution in [0.5, 0.6) is 0 Å². The standard InChI is InChI=1S/C9H17NO8.H3O4P/c10-5-3(12)1-9(17,8(15)16)18-7(5)6(14)4(13)2-11;1-5(2,3)4/h3-7,11-14,17H,1-2,10H2,(H,15,16);(H3,1,2,3,4)/t3-,4+,5+,6+,7+,9?;/m0./s1. The van der Waals surface area contributed by atoms with Crippen LogP contribution in [0, 0.1) is 0 Å². The fourth-order valence-electron chi connectivity index (χ4n) is 1.75. The first kappa shape index (κ1) is 22.3. The Morgan fingerprint density at radius 1 is 1.35 bits per heavy atom. The van der Waals surface area contributed by atoms with Gasteiger partial charge in [-0.05, 0) is 0 Å². The highest BCUT2D eigenvalue weighted by molar-refractivity contribution is 7.45. The van der Waals surface area contributed by atoms with Gasteiger partial charge in [-0.25, -0.2) is 9.36 Å². The minimum absolute atomic E-state index is 0.665. The topological polar surface area (TPSA) is 251 Å². The second kappa shape index (κ2) is 8.41. The van der Waals surface area contributed by atoms with Gasteiger partial charge >= 0.3 is 13.8 Å². The van der Waals surface area contributed by atoms with E-state index in [1.54, 1.807) is 0 Å². The quantitative estimate of drug-likeness (QED) is 0.210. The molecule has 0 aromatic heterocycles. The molecule has 0 spiro atoms. The molecule has 0 amide bonds. The van der Waals surface area contributed by atoms with Crippen LogP contribution >= 0.6 is 7.82 Å². The van der Waals surface area contributed by atoms with Crippen molar-refractivity contribution >= 4 is 13.8 Å². The van der Waals surface area contributed by atoms with Gasteiger partial charge < -0.3 is 55.8 Å². The normalized spacial score (nSPS) is 34.0. The van der Waals surface area contributed by atoms with Crippen LogP contribution in [-0.2, 0) is 14.1 Å². The van der Waals surface area contributed by atoms with E-state index in [1.165, 1.54) is 0 Å². The smallest absolute Gasteiger partial charge is 0.466 e. The molecule has 23 heavy (non-hydrogen) atoms. The van der Waals surface area contributed by atoms with Gasteiger partial charge in [0, 0.05) is 6.42 Å². The summed E-state index contributed by atoms with van der Waals surface area (Å²) in [6.45, 7) is -0.810. The van der Waals surface area contributed by atoms with Crippen molar-refractivity contribution in [2.24, 2.45) is 5.73 Å². The predicted molar refractivity (Wildman–Crippen MR) is 69.4 cm³/mol. The number of nitrogens with two attached hydrogens (primary N) is 1. The number of carboxylic acid groups (broad SMARTS) is 1. The van der Waals surface area contributed by atoms with E-state index < -0.39 is 63.1 Å². The monoisotopic (exact) mass is 365 g/mol. The molecule has 0 radical (unpaired) electrons. The average molecular weight is 365 g/mol. The number of aliphatic hydroxyl groups excluding tert-OH is 4.